The van der Waals surface area contributed by atoms with Crippen LogP contribution in [0.5, 0.6) is 0 Å². The highest BCUT2D eigenvalue weighted by atomic mass is 32.3. The van der Waals surface area contributed by atoms with Gasteiger partial charge >= 0.3 is 10.4 Å². The van der Waals surface area contributed by atoms with E-state index in [0.29, 0.717) is 12.8 Å². The molecule has 1 saturated heterocycles. The smallest absolute Gasteiger partial charge is 0.394 e. The van der Waals surface area contributed by atoms with Gasteiger partial charge in [0.05, 0.1) is 25.4 Å². The average Bonchev–Trinajstić information content (AvgIpc) is 3.28. The van der Waals surface area contributed by atoms with Crippen molar-refractivity contribution >= 4 is 16.3 Å². The maximum Gasteiger partial charge on any atom is 0.397 e. The van der Waals surface area contributed by atoms with Crippen molar-refractivity contribution in [3.05, 3.63) is 60.8 Å². The third-order valence-corrected chi connectivity index (χ3v) is 12.1. The summed E-state index contributed by atoms with van der Waals surface area (Å²) in [6.45, 7) is 3.06. The Morgan fingerprint density at radius 3 is 1.63 bits per heavy atom. The van der Waals surface area contributed by atoms with Gasteiger partial charge in [-0.25, -0.2) is 4.18 Å². The highest BCUT2D eigenvalue weighted by Crippen LogP contribution is 2.26. The highest BCUT2D eigenvalue weighted by molar-refractivity contribution is 7.80. The lowest BCUT2D eigenvalue weighted by atomic mass is 9.99. The zero-order chi connectivity index (χ0) is 47.8. The van der Waals surface area contributed by atoms with Crippen LogP contribution in [0.4, 0.5) is 0 Å². The molecule has 0 radical (unpaired) electrons. The number of aliphatic hydroxyl groups excluding tert-OH is 5. The van der Waals surface area contributed by atoms with E-state index in [-0.39, 0.29) is 6.42 Å². The second-order valence-electron chi connectivity index (χ2n) is 17.5. The van der Waals surface area contributed by atoms with Crippen LogP contribution in [0.1, 0.15) is 194 Å². The molecular formula is C51H91NO12S. The van der Waals surface area contributed by atoms with Crippen molar-refractivity contribution in [2.75, 3.05) is 13.2 Å². The van der Waals surface area contributed by atoms with Crippen LogP contribution in [0.3, 0.4) is 0 Å². The third-order valence-electron chi connectivity index (χ3n) is 11.6. The molecule has 0 spiro atoms. The minimum Gasteiger partial charge on any atom is -0.394 e. The zero-order valence-corrected chi connectivity index (χ0v) is 41.0. The topological polar surface area (TPSA) is 212 Å². The lowest BCUT2D eigenvalue weighted by Crippen LogP contribution is -2.61. The Balaban J connectivity index is 2.40. The number of carbonyl (C=O) groups excluding carboxylic acids is 1. The summed E-state index contributed by atoms with van der Waals surface area (Å²) in [5.74, 6) is -0.723. The van der Waals surface area contributed by atoms with Gasteiger partial charge in [0.15, 0.2) is 6.29 Å². The highest BCUT2D eigenvalue weighted by Gasteiger charge is 2.48. The first-order valence-electron chi connectivity index (χ1n) is 25.3. The van der Waals surface area contributed by atoms with Crippen LogP contribution in [-0.2, 0) is 28.9 Å². The maximum atomic E-state index is 13.1. The van der Waals surface area contributed by atoms with Crippen LogP contribution in [0.2, 0.25) is 0 Å². The second kappa shape index (κ2) is 40.8. The molecule has 1 aliphatic heterocycles. The van der Waals surface area contributed by atoms with E-state index in [0.717, 1.165) is 64.2 Å². The fourth-order valence-corrected chi connectivity index (χ4v) is 8.16. The Bertz CT molecular complexity index is 1400. The molecule has 378 valence electrons. The molecule has 8 atom stereocenters. The Labute approximate surface area is 393 Å². The van der Waals surface area contributed by atoms with Crippen molar-refractivity contribution in [2.45, 2.75) is 243 Å². The van der Waals surface area contributed by atoms with E-state index in [4.69, 9.17) is 9.47 Å². The molecule has 0 aromatic carbocycles. The van der Waals surface area contributed by atoms with Crippen LogP contribution >= 0.6 is 0 Å². The molecule has 0 aromatic heterocycles. The number of nitrogens with one attached hydrogen (secondary N) is 1. The van der Waals surface area contributed by atoms with Crippen molar-refractivity contribution in [1.29, 1.82) is 0 Å². The number of hydrogen-bond acceptors (Lipinski definition) is 11. The summed E-state index contributed by atoms with van der Waals surface area (Å²) in [5.41, 5.74) is 0. The summed E-state index contributed by atoms with van der Waals surface area (Å²) in [5, 5.41) is 55.1. The van der Waals surface area contributed by atoms with Gasteiger partial charge in [0.2, 0.25) is 5.91 Å². The van der Waals surface area contributed by atoms with E-state index >= 15 is 0 Å². The van der Waals surface area contributed by atoms with Gasteiger partial charge in [-0.15, -0.1) is 0 Å². The number of rotatable bonds is 42. The predicted molar refractivity (Wildman–Crippen MR) is 260 cm³/mol. The van der Waals surface area contributed by atoms with Crippen molar-refractivity contribution in [2.24, 2.45) is 0 Å². The Hall–Kier alpha value is -2.24. The lowest BCUT2D eigenvalue weighted by Gasteiger charge is -2.41. The largest absolute Gasteiger partial charge is 0.397 e. The Morgan fingerprint density at radius 1 is 0.646 bits per heavy atom. The summed E-state index contributed by atoms with van der Waals surface area (Å²) >= 11 is 0. The van der Waals surface area contributed by atoms with Crippen LogP contribution in [0, 0.1) is 0 Å². The van der Waals surface area contributed by atoms with Crippen molar-refractivity contribution in [1.82, 2.24) is 5.32 Å². The Morgan fingerprint density at radius 2 is 1.12 bits per heavy atom. The van der Waals surface area contributed by atoms with Gasteiger partial charge < -0.3 is 40.3 Å². The molecule has 7 N–H and O–H groups in total. The molecule has 1 fully saturated rings. The predicted octanol–water partition coefficient (Wildman–Crippen LogP) is 9.58. The summed E-state index contributed by atoms with van der Waals surface area (Å²) in [7, 11) is -5.13. The van der Waals surface area contributed by atoms with Crippen molar-refractivity contribution < 1.29 is 57.0 Å². The van der Waals surface area contributed by atoms with E-state index < -0.39 is 78.5 Å². The van der Waals surface area contributed by atoms with Gasteiger partial charge in [-0.1, -0.05) is 184 Å². The average molecular weight is 942 g/mol. The van der Waals surface area contributed by atoms with E-state index in [2.05, 4.69) is 72.0 Å². The van der Waals surface area contributed by atoms with Crippen LogP contribution in [0.15, 0.2) is 60.8 Å². The minimum atomic E-state index is -5.13. The molecule has 0 bridgehead atoms. The third kappa shape index (κ3) is 33.0. The Kier molecular flexibility index (Phi) is 38.1. The molecule has 1 aliphatic rings. The van der Waals surface area contributed by atoms with Gasteiger partial charge in [0.1, 0.15) is 30.5 Å². The molecule has 0 aliphatic carbocycles. The number of carbonyl (C=O) groups is 1. The molecule has 8 unspecified atom stereocenters. The monoisotopic (exact) mass is 942 g/mol. The zero-order valence-electron chi connectivity index (χ0n) is 40.1. The minimum absolute atomic E-state index is 0.227. The number of allylic oxidation sites excluding steroid dienone is 9. The normalized spacial score (nSPS) is 21.1. The molecule has 0 saturated carbocycles. The molecule has 14 heteroatoms. The quantitative estimate of drug-likeness (QED) is 0.0173. The fraction of sp³-hybridized carbons (Fsp3) is 0.784. The lowest BCUT2D eigenvalue weighted by molar-refractivity contribution is -0.298. The SMILES string of the molecule is CC/C=C/CC/C=C/CC/C=C/C(O)C(COC1OC(CO)C(O)C(OS(=O)(=O)O)C1O)NC(=O)C(O)CCCCCCCCCCCC/C=C\C/C=C\CCCCCCCCCCC. The van der Waals surface area contributed by atoms with Gasteiger partial charge in [0, 0.05) is 0 Å². The van der Waals surface area contributed by atoms with Gasteiger partial charge in [-0.3, -0.25) is 9.35 Å². The van der Waals surface area contributed by atoms with Gasteiger partial charge in [-0.2, -0.15) is 8.42 Å². The standard InChI is InChI=1S/C51H91NO12S/c1-3-5-7-9-11-13-15-16-17-18-19-20-21-22-23-24-25-26-27-28-29-30-32-34-36-38-40-45(55)50(58)52-43(44(54)39-37-35-33-31-14-12-10-8-6-4-2)42-62-51-48(57)49(64-65(59,60)61)47(56)46(41-53)63-51/h6,8,14,19-20,22-23,31,37,39,43-49,51,53-57H,3-5,7,9-13,15-18,21,24-30,32-36,38,40-42H2,1-2H3,(H,52,58)(H,59,60,61)/b8-6+,20-19-,23-22-,31-14+,39-37+. The summed E-state index contributed by atoms with van der Waals surface area (Å²) in [6.07, 6.45) is 40.5. The molecule has 13 nitrogen and oxygen atoms in total. The first-order chi connectivity index (χ1) is 31.4. The first-order valence-corrected chi connectivity index (χ1v) is 26.6. The van der Waals surface area contributed by atoms with E-state index in [1.165, 1.54) is 102 Å². The van der Waals surface area contributed by atoms with Crippen LogP contribution in [-0.4, -0.2) is 107 Å². The number of amides is 1. The molecule has 1 rings (SSSR count). The van der Waals surface area contributed by atoms with E-state index in [9.17, 15) is 43.3 Å². The maximum absolute atomic E-state index is 13.1. The number of hydrogen-bond donors (Lipinski definition) is 7. The van der Waals surface area contributed by atoms with E-state index in [1.807, 2.05) is 0 Å². The number of aliphatic hydroxyl groups is 5. The molecule has 1 amide bonds. The second-order valence-corrected chi connectivity index (χ2v) is 18.5. The van der Waals surface area contributed by atoms with Gasteiger partial charge in [-0.05, 0) is 70.6 Å². The first kappa shape index (κ1) is 60.8. The van der Waals surface area contributed by atoms with E-state index in [1.54, 1.807) is 6.08 Å². The summed E-state index contributed by atoms with van der Waals surface area (Å²) in [4.78, 5) is 13.1. The van der Waals surface area contributed by atoms with Crippen LogP contribution in [0.25, 0.3) is 0 Å². The molecule has 1 heterocycles. The number of ether oxygens (including phenoxy) is 2. The fourth-order valence-electron chi connectivity index (χ4n) is 7.65. The summed E-state index contributed by atoms with van der Waals surface area (Å²) in [6, 6.07) is -1.15. The van der Waals surface area contributed by atoms with Gasteiger partial charge in [0.25, 0.3) is 0 Å². The molecule has 0 aromatic rings. The molecule has 65 heavy (non-hydrogen) atoms. The summed E-state index contributed by atoms with van der Waals surface area (Å²) < 4.78 is 47.4. The number of unbranched alkanes of at least 4 members (excludes halogenated alkanes) is 21. The van der Waals surface area contributed by atoms with Crippen LogP contribution < -0.4 is 5.32 Å². The molecular weight excluding hydrogens is 851 g/mol. The van der Waals surface area contributed by atoms with Crippen molar-refractivity contribution in [3.8, 4) is 0 Å². The van der Waals surface area contributed by atoms with Crippen molar-refractivity contribution in [3.63, 3.8) is 0 Å².